The lowest BCUT2D eigenvalue weighted by atomic mass is 10.0. The van der Waals surface area contributed by atoms with Crippen LogP contribution >= 0.6 is 0 Å². The fourth-order valence-corrected chi connectivity index (χ4v) is 3.87. The summed E-state index contributed by atoms with van der Waals surface area (Å²) in [4.78, 5) is 24.6. The maximum absolute atomic E-state index is 12.3. The average molecular weight is 464 g/mol. The lowest BCUT2D eigenvalue weighted by Crippen LogP contribution is -2.31. The van der Waals surface area contributed by atoms with E-state index in [1.165, 1.54) is 0 Å². The van der Waals surface area contributed by atoms with E-state index in [0.29, 0.717) is 0 Å². The maximum Gasteiger partial charge on any atom is 0.407 e. The second-order valence-electron chi connectivity index (χ2n) is 8.70. The van der Waals surface area contributed by atoms with Crippen LogP contribution in [0.4, 0.5) is 9.59 Å². The first kappa shape index (κ1) is 24.9. The summed E-state index contributed by atoms with van der Waals surface area (Å²) in [5.41, 5.74) is 5.35. The molecule has 0 aliphatic carbocycles. The molecule has 2 N–H and O–H groups in total. The minimum absolute atomic E-state index is 0.0357. The van der Waals surface area contributed by atoms with Crippen LogP contribution in [0.15, 0.2) is 60.7 Å². The van der Waals surface area contributed by atoms with E-state index in [1.807, 2.05) is 95.4 Å². The van der Waals surface area contributed by atoms with Crippen LogP contribution in [0, 0.1) is 0 Å². The topological polar surface area (TPSA) is 81.6 Å². The molecule has 0 saturated heterocycles. The molecule has 34 heavy (non-hydrogen) atoms. The number of hydrogen-bond donors (Lipinski definition) is 2. The van der Waals surface area contributed by atoms with E-state index in [0.717, 1.165) is 33.6 Å². The molecule has 0 saturated carbocycles. The molecule has 2 amide bonds. The van der Waals surface area contributed by atoms with Gasteiger partial charge in [-0.05, 0) is 38.8 Å². The number of amides is 2. The van der Waals surface area contributed by atoms with Crippen molar-refractivity contribution >= 4 is 12.2 Å². The third kappa shape index (κ3) is 6.19. The quantitative estimate of drug-likeness (QED) is 0.454. The van der Waals surface area contributed by atoms with Crippen molar-refractivity contribution in [3.8, 4) is 22.5 Å². The summed E-state index contributed by atoms with van der Waals surface area (Å²) in [7, 11) is 1.97. The summed E-state index contributed by atoms with van der Waals surface area (Å²) < 4.78 is 13.3. The van der Waals surface area contributed by atoms with E-state index in [4.69, 9.17) is 9.47 Å². The normalized spacial score (nSPS) is 10.9. The minimum atomic E-state index is -0.497. The first-order chi connectivity index (χ1) is 16.3. The second-order valence-corrected chi connectivity index (χ2v) is 8.70. The number of alkyl carbamates (subject to hydrolysis) is 2. The van der Waals surface area contributed by atoms with Crippen LogP contribution in [-0.2, 0) is 29.7 Å². The Kier molecular flexibility index (Phi) is 8.35. The summed E-state index contributed by atoms with van der Waals surface area (Å²) in [5.74, 6) is 0. The Labute approximate surface area is 201 Å². The molecular weight excluding hydrogens is 430 g/mol. The van der Waals surface area contributed by atoms with Gasteiger partial charge >= 0.3 is 12.2 Å². The van der Waals surface area contributed by atoms with E-state index < -0.39 is 12.2 Å². The highest BCUT2D eigenvalue weighted by molar-refractivity contribution is 5.78. The Hall–Kier alpha value is -3.74. The first-order valence-electron chi connectivity index (χ1n) is 11.5. The van der Waals surface area contributed by atoms with Gasteiger partial charge in [0.15, 0.2) is 0 Å². The predicted molar refractivity (Wildman–Crippen MR) is 133 cm³/mol. The molecule has 180 valence electrons. The van der Waals surface area contributed by atoms with Gasteiger partial charge in [0.2, 0.25) is 0 Å². The number of nitrogens with one attached hydrogen (secondary N) is 2. The van der Waals surface area contributed by atoms with E-state index in [-0.39, 0.29) is 25.3 Å². The Morgan fingerprint density at radius 2 is 1.06 bits per heavy atom. The van der Waals surface area contributed by atoms with E-state index in [1.54, 1.807) is 0 Å². The number of hydrogen-bond acceptors (Lipinski definition) is 4. The smallest absolute Gasteiger partial charge is 0.407 e. The van der Waals surface area contributed by atoms with Crippen molar-refractivity contribution < 1.29 is 19.1 Å². The summed E-state index contributed by atoms with van der Waals surface area (Å²) >= 11 is 0. The molecule has 0 unspecified atom stereocenters. The molecule has 0 radical (unpaired) electrons. The molecule has 0 atom stereocenters. The van der Waals surface area contributed by atoms with Crippen LogP contribution in [0.1, 0.15) is 38.8 Å². The van der Waals surface area contributed by atoms with Crippen LogP contribution < -0.4 is 10.6 Å². The standard InChI is InChI=1S/C27H33N3O4/c1-18(2)28-26(31)33-16-22-23(17-34-27(32)29-19(3)4)25(21-14-10-7-11-15-21)30(5)24(22)20-12-8-6-9-13-20/h6-15,18-19H,16-17H2,1-5H3,(H,28,31)(H,29,32). The highest BCUT2D eigenvalue weighted by atomic mass is 16.6. The van der Waals surface area contributed by atoms with Crippen molar-refractivity contribution in [2.45, 2.75) is 53.0 Å². The average Bonchev–Trinajstić information content (AvgIpc) is 3.07. The van der Waals surface area contributed by atoms with E-state index >= 15 is 0 Å². The molecule has 0 fully saturated rings. The van der Waals surface area contributed by atoms with Gasteiger partial charge in [-0.25, -0.2) is 9.59 Å². The van der Waals surface area contributed by atoms with E-state index in [2.05, 4.69) is 15.2 Å². The number of rotatable bonds is 8. The highest BCUT2D eigenvalue weighted by Gasteiger charge is 2.25. The Bertz CT molecular complexity index is 1020. The molecule has 0 aliphatic heterocycles. The highest BCUT2D eigenvalue weighted by Crippen LogP contribution is 2.37. The monoisotopic (exact) mass is 463 g/mol. The Morgan fingerprint density at radius 3 is 1.38 bits per heavy atom. The molecule has 0 bridgehead atoms. The molecule has 2 aromatic carbocycles. The molecule has 7 heteroatoms. The van der Waals surface area contributed by atoms with Gasteiger partial charge in [-0.1, -0.05) is 60.7 Å². The summed E-state index contributed by atoms with van der Waals surface area (Å²) in [6.45, 7) is 7.57. The Balaban J connectivity index is 2.11. The maximum atomic E-state index is 12.3. The number of aromatic nitrogens is 1. The lowest BCUT2D eigenvalue weighted by molar-refractivity contribution is 0.129. The van der Waals surface area contributed by atoms with Gasteiger partial charge in [0.05, 0.1) is 11.4 Å². The minimum Gasteiger partial charge on any atom is -0.445 e. The number of ether oxygens (including phenoxy) is 2. The molecule has 0 aliphatic rings. The summed E-state index contributed by atoms with van der Waals surface area (Å²) in [6, 6.07) is 19.7. The van der Waals surface area contributed by atoms with Crippen molar-refractivity contribution in [2.75, 3.05) is 0 Å². The zero-order valence-corrected chi connectivity index (χ0v) is 20.4. The second kappa shape index (κ2) is 11.4. The number of carbonyl (C=O) groups is 2. The number of carbonyl (C=O) groups excluding carboxylic acids is 2. The zero-order valence-electron chi connectivity index (χ0n) is 20.4. The molecule has 1 aromatic heterocycles. The van der Waals surface area contributed by atoms with Gasteiger partial charge in [0, 0.05) is 30.3 Å². The Morgan fingerprint density at radius 1 is 0.706 bits per heavy atom. The van der Waals surface area contributed by atoms with Gasteiger partial charge in [-0.15, -0.1) is 0 Å². The molecular formula is C27H33N3O4. The van der Waals surface area contributed by atoms with Gasteiger partial charge in [-0.2, -0.15) is 0 Å². The van der Waals surface area contributed by atoms with Gasteiger partial charge in [0.1, 0.15) is 13.2 Å². The fraction of sp³-hybridized carbons (Fsp3) is 0.333. The summed E-state index contributed by atoms with van der Waals surface area (Å²) in [5, 5.41) is 5.51. The first-order valence-corrected chi connectivity index (χ1v) is 11.5. The van der Waals surface area contributed by atoms with Crippen LogP contribution in [0.25, 0.3) is 22.5 Å². The third-order valence-corrected chi connectivity index (χ3v) is 5.21. The van der Waals surface area contributed by atoms with Crippen LogP contribution in [0.5, 0.6) is 0 Å². The molecule has 3 rings (SSSR count). The van der Waals surface area contributed by atoms with Gasteiger partial charge in [0.25, 0.3) is 0 Å². The van der Waals surface area contributed by atoms with Crippen LogP contribution in [0.3, 0.4) is 0 Å². The molecule has 3 aromatic rings. The van der Waals surface area contributed by atoms with Crippen molar-refractivity contribution in [1.82, 2.24) is 15.2 Å². The third-order valence-electron chi connectivity index (χ3n) is 5.21. The predicted octanol–water partition coefficient (Wildman–Crippen LogP) is 5.63. The lowest BCUT2D eigenvalue weighted by Gasteiger charge is -2.13. The van der Waals surface area contributed by atoms with Crippen molar-refractivity contribution in [3.63, 3.8) is 0 Å². The van der Waals surface area contributed by atoms with E-state index in [9.17, 15) is 9.59 Å². The number of nitrogens with zero attached hydrogens (tertiary/aromatic N) is 1. The van der Waals surface area contributed by atoms with Crippen LogP contribution in [-0.4, -0.2) is 28.8 Å². The molecule has 7 nitrogen and oxygen atoms in total. The molecule has 0 spiro atoms. The number of benzene rings is 2. The van der Waals surface area contributed by atoms with Crippen molar-refractivity contribution in [2.24, 2.45) is 7.05 Å². The van der Waals surface area contributed by atoms with Crippen molar-refractivity contribution in [3.05, 3.63) is 71.8 Å². The van der Waals surface area contributed by atoms with Gasteiger partial charge < -0.3 is 24.7 Å². The molecule has 1 heterocycles. The largest absolute Gasteiger partial charge is 0.445 e. The fourth-order valence-electron chi connectivity index (χ4n) is 3.87. The van der Waals surface area contributed by atoms with Gasteiger partial charge in [-0.3, -0.25) is 0 Å². The van der Waals surface area contributed by atoms with Crippen molar-refractivity contribution in [1.29, 1.82) is 0 Å². The summed E-state index contributed by atoms with van der Waals surface area (Å²) in [6.07, 6.45) is -0.993. The zero-order chi connectivity index (χ0) is 24.7. The van der Waals surface area contributed by atoms with Crippen LogP contribution in [0.2, 0.25) is 0 Å². The SMILES string of the molecule is CC(C)NC(=O)OCc1c(COC(=O)NC(C)C)c(-c2ccccc2)n(C)c1-c1ccccc1.